The maximum atomic E-state index is 12.1. The molecule has 0 atom stereocenters. The standard InChI is InChI=1S/C12H16N2O4/c1-8(2)14(7-11(15)16)12(17)9-4-5-10(18-3)13-6-9/h4-6,8H,7H2,1-3H3,(H,15,16). The summed E-state index contributed by atoms with van der Waals surface area (Å²) in [6.45, 7) is 3.19. The fourth-order valence-corrected chi connectivity index (χ4v) is 1.43. The Bertz CT molecular complexity index is 428. The maximum absolute atomic E-state index is 12.1. The van der Waals surface area contributed by atoms with Crippen molar-refractivity contribution in [2.24, 2.45) is 0 Å². The highest BCUT2D eigenvalue weighted by Gasteiger charge is 2.21. The van der Waals surface area contributed by atoms with Gasteiger partial charge in [0.05, 0.1) is 12.7 Å². The summed E-state index contributed by atoms with van der Waals surface area (Å²) in [6, 6.07) is 2.92. The van der Waals surface area contributed by atoms with Crippen LogP contribution in [0.2, 0.25) is 0 Å². The molecule has 6 heteroatoms. The van der Waals surface area contributed by atoms with Crippen LogP contribution in [-0.4, -0.2) is 46.6 Å². The molecule has 0 fully saturated rings. The lowest BCUT2D eigenvalue weighted by molar-refractivity contribution is -0.138. The number of pyridine rings is 1. The molecule has 1 rings (SSSR count). The normalized spacial score (nSPS) is 10.2. The minimum Gasteiger partial charge on any atom is -0.481 e. The third kappa shape index (κ3) is 3.44. The summed E-state index contributed by atoms with van der Waals surface area (Å²) < 4.78 is 4.89. The zero-order chi connectivity index (χ0) is 13.7. The highest BCUT2D eigenvalue weighted by atomic mass is 16.5. The average molecular weight is 252 g/mol. The predicted molar refractivity (Wildman–Crippen MR) is 64.6 cm³/mol. The second-order valence-electron chi connectivity index (χ2n) is 4.01. The number of carbonyl (C=O) groups is 2. The van der Waals surface area contributed by atoms with E-state index in [0.29, 0.717) is 11.4 Å². The Morgan fingerprint density at radius 2 is 2.11 bits per heavy atom. The van der Waals surface area contributed by atoms with E-state index in [4.69, 9.17) is 9.84 Å². The number of aromatic nitrogens is 1. The van der Waals surface area contributed by atoms with Gasteiger partial charge in [0.15, 0.2) is 0 Å². The fraction of sp³-hybridized carbons (Fsp3) is 0.417. The molecular weight excluding hydrogens is 236 g/mol. The van der Waals surface area contributed by atoms with Crippen molar-refractivity contribution in [2.45, 2.75) is 19.9 Å². The number of hydrogen-bond acceptors (Lipinski definition) is 4. The van der Waals surface area contributed by atoms with E-state index in [1.807, 2.05) is 0 Å². The molecule has 0 bridgehead atoms. The second-order valence-corrected chi connectivity index (χ2v) is 4.01. The zero-order valence-corrected chi connectivity index (χ0v) is 10.6. The van der Waals surface area contributed by atoms with Crippen LogP contribution in [0.5, 0.6) is 5.88 Å². The second kappa shape index (κ2) is 6.00. The molecule has 1 aromatic heterocycles. The molecule has 0 aliphatic heterocycles. The molecule has 0 aliphatic rings. The van der Waals surface area contributed by atoms with E-state index in [-0.39, 0.29) is 18.5 Å². The molecule has 98 valence electrons. The van der Waals surface area contributed by atoms with Crippen LogP contribution in [0.25, 0.3) is 0 Å². The lowest BCUT2D eigenvalue weighted by Gasteiger charge is -2.24. The van der Waals surface area contributed by atoms with E-state index in [0.717, 1.165) is 0 Å². The van der Waals surface area contributed by atoms with Crippen molar-refractivity contribution < 1.29 is 19.4 Å². The first kappa shape index (κ1) is 14.0. The Labute approximate surface area is 105 Å². The number of hydrogen-bond donors (Lipinski definition) is 1. The molecule has 1 amide bonds. The molecule has 1 N–H and O–H groups in total. The third-order valence-electron chi connectivity index (χ3n) is 2.38. The maximum Gasteiger partial charge on any atom is 0.323 e. The Morgan fingerprint density at radius 3 is 2.50 bits per heavy atom. The van der Waals surface area contributed by atoms with Gasteiger partial charge in [-0.2, -0.15) is 0 Å². The third-order valence-corrected chi connectivity index (χ3v) is 2.38. The van der Waals surface area contributed by atoms with Crippen LogP contribution in [0.3, 0.4) is 0 Å². The van der Waals surface area contributed by atoms with Gasteiger partial charge in [0.1, 0.15) is 6.54 Å². The first-order valence-electron chi connectivity index (χ1n) is 5.48. The van der Waals surface area contributed by atoms with Crippen molar-refractivity contribution in [2.75, 3.05) is 13.7 Å². The van der Waals surface area contributed by atoms with Gasteiger partial charge in [-0.25, -0.2) is 4.98 Å². The molecule has 0 saturated carbocycles. The SMILES string of the molecule is COc1ccc(C(=O)N(CC(=O)O)C(C)C)cn1. The number of ether oxygens (including phenoxy) is 1. The average Bonchev–Trinajstić information content (AvgIpc) is 2.34. The first-order valence-corrected chi connectivity index (χ1v) is 5.48. The van der Waals surface area contributed by atoms with E-state index >= 15 is 0 Å². The van der Waals surface area contributed by atoms with Gasteiger partial charge in [0.2, 0.25) is 5.88 Å². The van der Waals surface area contributed by atoms with Crippen LogP contribution in [0.1, 0.15) is 24.2 Å². The zero-order valence-electron chi connectivity index (χ0n) is 10.6. The lowest BCUT2D eigenvalue weighted by Crippen LogP contribution is -2.40. The predicted octanol–water partition coefficient (Wildman–Crippen LogP) is 1.03. The molecule has 1 aromatic rings. The number of rotatable bonds is 5. The van der Waals surface area contributed by atoms with Crippen LogP contribution in [0, 0.1) is 0 Å². The van der Waals surface area contributed by atoms with Gasteiger partial charge in [0.25, 0.3) is 5.91 Å². The quantitative estimate of drug-likeness (QED) is 0.846. The topological polar surface area (TPSA) is 79.7 Å². The Morgan fingerprint density at radius 1 is 1.44 bits per heavy atom. The summed E-state index contributed by atoms with van der Waals surface area (Å²) in [5.74, 6) is -0.998. The highest BCUT2D eigenvalue weighted by molar-refractivity contribution is 5.95. The van der Waals surface area contributed by atoms with Gasteiger partial charge >= 0.3 is 5.97 Å². The molecule has 0 aromatic carbocycles. The minimum atomic E-state index is -1.04. The number of carboxylic acids is 1. The molecule has 0 unspecified atom stereocenters. The molecule has 6 nitrogen and oxygen atoms in total. The van der Waals surface area contributed by atoms with Crippen LogP contribution >= 0.6 is 0 Å². The van der Waals surface area contributed by atoms with E-state index < -0.39 is 5.97 Å². The molecule has 0 spiro atoms. The molecule has 0 saturated heterocycles. The van der Waals surface area contributed by atoms with Gasteiger partial charge in [-0.15, -0.1) is 0 Å². The molecule has 0 aliphatic carbocycles. The van der Waals surface area contributed by atoms with Crippen LogP contribution in [-0.2, 0) is 4.79 Å². The number of methoxy groups -OCH3 is 1. The van der Waals surface area contributed by atoms with Crippen molar-refractivity contribution in [1.29, 1.82) is 0 Å². The Balaban J connectivity index is 2.90. The van der Waals surface area contributed by atoms with Crippen molar-refractivity contribution in [3.8, 4) is 5.88 Å². The van der Waals surface area contributed by atoms with E-state index in [1.165, 1.54) is 18.2 Å². The molecule has 18 heavy (non-hydrogen) atoms. The monoisotopic (exact) mass is 252 g/mol. The van der Waals surface area contributed by atoms with Gasteiger partial charge in [-0.3, -0.25) is 9.59 Å². The van der Waals surface area contributed by atoms with Crippen molar-refractivity contribution in [1.82, 2.24) is 9.88 Å². The van der Waals surface area contributed by atoms with E-state index in [2.05, 4.69) is 4.98 Å². The van der Waals surface area contributed by atoms with Gasteiger partial charge < -0.3 is 14.7 Å². The molecular formula is C12H16N2O4. The Kier molecular flexibility index (Phi) is 4.65. The largest absolute Gasteiger partial charge is 0.481 e. The van der Waals surface area contributed by atoms with E-state index in [1.54, 1.807) is 26.0 Å². The molecule has 0 radical (unpaired) electrons. The number of aliphatic carboxylic acids is 1. The van der Waals surface area contributed by atoms with Crippen molar-refractivity contribution >= 4 is 11.9 Å². The summed E-state index contributed by atoms with van der Waals surface area (Å²) >= 11 is 0. The summed E-state index contributed by atoms with van der Waals surface area (Å²) in [5.41, 5.74) is 0.339. The summed E-state index contributed by atoms with van der Waals surface area (Å²) in [6.07, 6.45) is 1.37. The Hall–Kier alpha value is -2.11. The number of carbonyl (C=O) groups excluding carboxylic acids is 1. The number of amides is 1. The van der Waals surface area contributed by atoms with Crippen molar-refractivity contribution in [3.05, 3.63) is 23.9 Å². The van der Waals surface area contributed by atoms with Gasteiger partial charge in [0, 0.05) is 18.3 Å². The minimum absolute atomic E-state index is 0.198. The molecule has 1 heterocycles. The van der Waals surface area contributed by atoms with Crippen LogP contribution in [0.15, 0.2) is 18.3 Å². The highest BCUT2D eigenvalue weighted by Crippen LogP contribution is 2.11. The first-order chi connectivity index (χ1) is 8.45. The van der Waals surface area contributed by atoms with Gasteiger partial charge in [-0.1, -0.05) is 0 Å². The van der Waals surface area contributed by atoms with Crippen LogP contribution in [0.4, 0.5) is 0 Å². The van der Waals surface area contributed by atoms with Crippen LogP contribution < -0.4 is 4.74 Å². The summed E-state index contributed by atoms with van der Waals surface area (Å²) in [4.78, 5) is 28.0. The number of nitrogens with zero attached hydrogens (tertiary/aromatic N) is 2. The number of carboxylic acid groups (broad SMARTS) is 1. The lowest BCUT2D eigenvalue weighted by atomic mass is 10.2. The van der Waals surface area contributed by atoms with Gasteiger partial charge in [-0.05, 0) is 19.9 Å². The summed E-state index contributed by atoms with van der Waals surface area (Å²) in [5, 5.41) is 8.78. The summed E-state index contributed by atoms with van der Waals surface area (Å²) in [7, 11) is 1.48. The van der Waals surface area contributed by atoms with Crippen molar-refractivity contribution in [3.63, 3.8) is 0 Å². The van der Waals surface area contributed by atoms with E-state index in [9.17, 15) is 9.59 Å². The fourth-order valence-electron chi connectivity index (χ4n) is 1.43. The smallest absolute Gasteiger partial charge is 0.323 e.